The van der Waals surface area contributed by atoms with Crippen LogP contribution in [-0.2, 0) is 9.53 Å². The summed E-state index contributed by atoms with van der Waals surface area (Å²) in [5, 5.41) is 8.29. The van der Waals surface area contributed by atoms with Crippen LogP contribution in [0.4, 0.5) is 0 Å². The molecular formula is C39H42O4. The first-order valence-electron chi connectivity index (χ1n) is 14.9. The molecule has 43 heavy (non-hydrogen) atoms. The number of hydrogen-bond donors (Lipinski definition) is 0. The van der Waals surface area contributed by atoms with Gasteiger partial charge in [-0.15, -0.1) is 0 Å². The summed E-state index contributed by atoms with van der Waals surface area (Å²) in [6.45, 7) is 19.0. The Labute approximate surface area is 255 Å². The third-order valence-corrected chi connectivity index (χ3v) is 8.25. The Bertz CT molecular complexity index is 1560. The van der Waals surface area contributed by atoms with Crippen LogP contribution in [0.5, 0.6) is 5.75 Å². The summed E-state index contributed by atoms with van der Waals surface area (Å²) in [7, 11) is 0. The molecule has 0 radical (unpaired) electrons. The molecular weight excluding hydrogens is 532 g/mol. The molecule has 5 rings (SSSR count). The van der Waals surface area contributed by atoms with Gasteiger partial charge in [-0.25, -0.2) is 4.79 Å². The molecule has 0 atom stereocenters. The van der Waals surface area contributed by atoms with E-state index in [9.17, 15) is 9.59 Å². The number of carbonyl (C=O) groups is 2. The predicted molar refractivity (Wildman–Crippen MR) is 180 cm³/mol. The van der Waals surface area contributed by atoms with Crippen molar-refractivity contribution in [2.24, 2.45) is 0 Å². The van der Waals surface area contributed by atoms with Gasteiger partial charge in [-0.2, -0.15) is 0 Å². The second kappa shape index (κ2) is 13.7. The molecule has 0 saturated carbocycles. The van der Waals surface area contributed by atoms with Crippen LogP contribution in [0.1, 0.15) is 63.5 Å². The van der Waals surface area contributed by atoms with Gasteiger partial charge in [0.25, 0.3) is 0 Å². The lowest BCUT2D eigenvalue weighted by Gasteiger charge is -2.16. The topological polar surface area (TPSA) is 52.6 Å². The highest BCUT2D eigenvalue weighted by Gasteiger charge is 2.12. The third kappa shape index (κ3) is 7.32. The molecule has 0 unspecified atom stereocenters. The summed E-state index contributed by atoms with van der Waals surface area (Å²) in [5.74, 6) is 0.365. The van der Waals surface area contributed by atoms with Crippen molar-refractivity contribution in [3.63, 3.8) is 0 Å². The normalized spacial score (nSPS) is 10.9. The quantitative estimate of drug-likeness (QED) is 0.0608. The monoisotopic (exact) mass is 574 g/mol. The summed E-state index contributed by atoms with van der Waals surface area (Å²) in [6.07, 6.45) is 2.68. The Kier molecular flexibility index (Phi) is 10.0. The molecule has 0 aliphatic rings. The number of ketones is 1. The number of Topliss-reactive ketones (excluding diaryl/α,β-unsaturated/α-hetero) is 1. The molecule has 0 bridgehead atoms. The van der Waals surface area contributed by atoms with Gasteiger partial charge in [0.1, 0.15) is 5.75 Å². The maximum absolute atomic E-state index is 11.1. The first-order valence-corrected chi connectivity index (χ1v) is 14.9. The lowest BCUT2D eigenvalue weighted by atomic mass is 9.88. The summed E-state index contributed by atoms with van der Waals surface area (Å²) >= 11 is 0. The number of hydrogen-bond acceptors (Lipinski definition) is 4. The summed E-state index contributed by atoms with van der Waals surface area (Å²) in [6, 6.07) is 21.3. The lowest BCUT2D eigenvalue weighted by Crippen LogP contribution is -2.04. The highest BCUT2D eigenvalue weighted by atomic mass is 16.5. The van der Waals surface area contributed by atoms with E-state index in [2.05, 4.69) is 84.5 Å². The average molecular weight is 575 g/mol. The molecule has 4 heteroatoms. The van der Waals surface area contributed by atoms with Crippen LogP contribution in [-0.4, -0.2) is 25.0 Å². The van der Waals surface area contributed by atoms with Crippen molar-refractivity contribution in [1.82, 2.24) is 0 Å². The van der Waals surface area contributed by atoms with Crippen LogP contribution in [0.15, 0.2) is 73.3 Å². The van der Waals surface area contributed by atoms with Crippen LogP contribution in [0, 0.1) is 41.5 Å². The third-order valence-electron chi connectivity index (χ3n) is 8.25. The molecule has 0 aliphatic carbocycles. The zero-order valence-corrected chi connectivity index (χ0v) is 26.5. The Balaban J connectivity index is 0.000000204. The maximum Gasteiger partial charge on any atom is 0.330 e. The molecule has 0 saturated heterocycles. The minimum atomic E-state index is -0.402. The van der Waals surface area contributed by atoms with Gasteiger partial charge in [0.2, 0.25) is 0 Å². The minimum absolute atomic E-state index is 0.0376. The number of carbonyl (C=O) groups excluding carboxylic acids is 2. The minimum Gasteiger partial charge on any atom is -0.494 e. The fourth-order valence-electron chi connectivity index (χ4n) is 5.20. The standard InChI is InChI=1S/C24H24.C15H18O4/c1-13-7-19-20(8-14(13)2)22-10-16(4)18(6)12-24(22)23-11-17(5)15(3)9-21(19)23;1-3-15(17)19-11-5-4-10-18-14-8-6-13(7-9-14)12(2)16/h7-12H,1-6H3;3,6-9H,1,4-5,10-11H2,2H3. The Morgan fingerprint density at radius 3 is 1.28 bits per heavy atom. The van der Waals surface area contributed by atoms with Crippen molar-refractivity contribution in [1.29, 1.82) is 0 Å². The molecule has 0 heterocycles. The van der Waals surface area contributed by atoms with Crippen LogP contribution < -0.4 is 4.74 Å². The molecule has 0 aromatic heterocycles. The van der Waals surface area contributed by atoms with E-state index in [0.29, 0.717) is 18.8 Å². The molecule has 0 spiro atoms. The molecule has 0 aliphatic heterocycles. The Hall–Kier alpha value is -4.44. The molecule has 5 aromatic rings. The lowest BCUT2D eigenvalue weighted by molar-refractivity contribution is -0.137. The van der Waals surface area contributed by atoms with Gasteiger partial charge in [-0.05, 0) is 151 Å². The zero-order valence-electron chi connectivity index (χ0n) is 26.5. The van der Waals surface area contributed by atoms with Gasteiger partial charge < -0.3 is 9.47 Å². The van der Waals surface area contributed by atoms with Gasteiger partial charge in [-0.1, -0.05) is 43.0 Å². The zero-order chi connectivity index (χ0) is 31.3. The van der Waals surface area contributed by atoms with E-state index < -0.39 is 5.97 Å². The van der Waals surface area contributed by atoms with Crippen LogP contribution in [0.3, 0.4) is 0 Å². The van der Waals surface area contributed by atoms with Crippen molar-refractivity contribution in [2.75, 3.05) is 13.2 Å². The van der Waals surface area contributed by atoms with E-state index in [-0.39, 0.29) is 5.78 Å². The fourth-order valence-corrected chi connectivity index (χ4v) is 5.20. The fraction of sp³-hybridized carbons (Fsp3) is 0.282. The number of ether oxygens (including phenoxy) is 2. The summed E-state index contributed by atoms with van der Waals surface area (Å²) in [4.78, 5) is 21.8. The van der Waals surface area contributed by atoms with E-state index in [0.717, 1.165) is 24.7 Å². The Morgan fingerprint density at radius 2 is 0.953 bits per heavy atom. The number of esters is 1. The predicted octanol–water partition coefficient (Wildman–Crippen LogP) is 9.77. The van der Waals surface area contributed by atoms with Crippen molar-refractivity contribution < 1.29 is 19.1 Å². The second-order valence-corrected chi connectivity index (χ2v) is 11.5. The average Bonchev–Trinajstić information content (AvgIpc) is 2.98. The van der Waals surface area contributed by atoms with Gasteiger partial charge in [0, 0.05) is 11.6 Å². The highest BCUT2D eigenvalue weighted by Crippen LogP contribution is 2.38. The summed E-state index contributed by atoms with van der Waals surface area (Å²) < 4.78 is 10.3. The molecule has 222 valence electrons. The molecule has 0 fully saturated rings. The number of rotatable bonds is 8. The summed E-state index contributed by atoms with van der Waals surface area (Å²) in [5.41, 5.74) is 8.87. The van der Waals surface area contributed by atoms with Crippen LogP contribution in [0.25, 0.3) is 32.3 Å². The van der Waals surface area contributed by atoms with Gasteiger partial charge in [0.15, 0.2) is 5.78 Å². The first-order chi connectivity index (χ1) is 20.5. The molecule has 5 aromatic carbocycles. The van der Waals surface area contributed by atoms with E-state index in [1.807, 2.05) is 0 Å². The van der Waals surface area contributed by atoms with Gasteiger partial charge in [-0.3, -0.25) is 4.79 Å². The number of unbranched alkanes of at least 4 members (excludes halogenated alkanes) is 1. The number of benzene rings is 5. The maximum atomic E-state index is 11.1. The number of aryl methyl sites for hydroxylation is 6. The SMILES string of the molecule is C=CC(=O)OCCCCOc1ccc(C(C)=O)cc1.Cc1cc2c3cc(C)c(C)cc3c3cc(C)c(C)cc3c2cc1C. The highest BCUT2D eigenvalue weighted by molar-refractivity contribution is 6.26. The van der Waals surface area contributed by atoms with Gasteiger partial charge >= 0.3 is 5.97 Å². The second-order valence-electron chi connectivity index (χ2n) is 11.5. The van der Waals surface area contributed by atoms with Crippen molar-refractivity contribution >= 4 is 44.1 Å². The molecule has 4 nitrogen and oxygen atoms in total. The van der Waals surface area contributed by atoms with Crippen molar-refractivity contribution in [3.05, 3.63) is 112 Å². The Morgan fingerprint density at radius 1 is 0.605 bits per heavy atom. The van der Waals surface area contributed by atoms with Crippen molar-refractivity contribution in [2.45, 2.75) is 61.3 Å². The van der Waals surface area contributed by atoms with E-state index in [1.165, 1.54) is 72.6 Å². The molecule has 0 N–H and O–H groups in total. The van der Waals surface area contributed by atoms with E-state index in [1.54, 1.807) is 24.3 Å². The van der Waals surface area contributed by atoms with Gasteiger partial charge in [0.05, 0.1) is 13.2 Å². The number of fused-ring (bicyclic) bond motifs is 6. The smallest absolute Gasteiger partial charge is 0.330 e. The largest absolute Gasteiger partial charge is 0.494 e. The van der Waals surface area contributed by atoms with Crippen LogP contribution >= 0.6 is 0 Å². The van der Waals surface area contributed by atoms with E-state index in [4.69, 9.17) is 9.47 Å². The van der Waals surface area contributed by atoms with Crippen molar-refractivity contribution in [3.8, 4) is 5.75 Å². The van der Waals surface area contributed by atoms with E-state index >= 15 is 0 Å². The molecule has 0 amide bonds. The van der Waals surface area contributed by atoms with Crippen LogP contribution in [0.2, 0.25) is 0 Å². The first kappa shape index (κ1) is 31.5.